The van der Waals surface area contributed by atoms with Gasteiger partial charge in [-0.25, -0.2) is 0 Å². The third-order valence-electron chi connectivity index (χ3n) is 2.99. The van der Waals surface area contributed by atoms with Crippen molar-refractivity contribution in [3.63, 3.8) is 0 Å². The number of nitrogens with one attached hydrogen (secondary N) is 1. The molecule has 1 aromatic carbocycles. The predicted octanol–water partition coefficient (Wildman–Crippen LogP) is 3.33. The van der Waals surface area contributed by atoms with Crippen molar-refractivity contribution in [2.45, 2.75) is 40.2 Å². The van der Waals surface area contributed by atoms with Crippen LogP contribution in [0.15, 0.2) is 6.07 Å². The van der Waals surface area contributed by atoms with Gasteiger partial charge in [-0.1, -0.05) is 0 Å². The summed E-state index contributed by atoms with van der Waals surface area (Å²) in [7, 11) is 1.67. The Morgan fingerprint density at radius 2 is 1.82 bits per heavy atom. The summed E-state index contributed by atoms with van der Waals surface area (Å²) in [4.78, 5) is 0. The number of anilines is 1. The zero-order chi connectivity index (χ0) is 13.2. The maximum Gasteiger partial charge on any atom is 0.122 e. The number of hydrogen-bond donors (Lipinski definition) is 1. The first-order chi connectivity index (χ1) is 7.82. The summed E-state index contributed by atoms with van der Waals surface area (Å²) in [5.74, 6) is 0.889. The average Bonchev–Trinajstić information content (AvgIpc) is 2.29. The van der Waals surface area contributed by atoms with Crippen LogP contribution in [0.4, 0.5) is 5.69 Å². The lowest BCUT2D eigenvalue weighted by Crippen LogP contribution is -2.29. The Morgan fingerprint density at radius 1 is 1.24 bits per heavy atom. The summed E-state index contributed by atoms with van der Waals surface area (Å²) in [5, 5.41) is 12.3. The molecule has 0 saturated heterocycles. The van der Waals surface area contributed by atoms with Crippen LogP contribution in [0.1, 0.15) is 30.5 Å². The topological polar surface area (TPSA) is 45.0 Å². The van der Waals surface area contributed by atoms with Crippen LogP contribution in [0.5, 0.6) is 5.75 Å². The Kier molecular flexibility index (Phi) is 3.67. The van der Waals surface area contributed by atoms with Crippen LogP contribution >= 0.6 is 0 Å². The molecule has 0 aliphatic carbocycles. The molecule has 0 heterocycles. The van der Waals surface area contributed by atoms with Crippen LogP contribution in [0.3, 0.4) is 0 Å². The van der Waals surface area contributed by atoms with E-state index in [-0.39, 0.29) is 0 Å². The van der Waals surface area contributed by atoms with Gasteiger partial charge in [0.15, 0.2) is 0 Å². The van der Waals surface area contributed by atoms with Crippen LogP contribution in [-0.4, -0.2) is 12.6 Å². The van der Waals surface area contributed by atoms with E-state index in [1.807, 2.05) is 40.7 Å². The van der Waals surface area contributed by atoms with Crippen molar-refractivity contribution in [2.24, 2.45) is 0 Å². The second kappa shape index (κ2) is 4.67. The summed E-state index contributed by atoms with van der Waals surface area (Å²) >= 11 is 0. The quantitative estimate of drug-likeness (QED) is 0.869. The molecular weight excluding hydrogens is 212 g/mol. The lowest BCUT2D eigenvalue weighted by Gasteiger charge is -2.24. The molecule has 0 aliphatic heterocycles. The number of rotatable bonds is 3. The summed E-state index contributed by atoms with van der Waals surface area (Å²) in [5.41, 5.74) is 3.78. The molecule has 0 fully saturated rings. The third kappa shape index (κ3) is 2.71. The number of nitriles is 1. The molecule has 3 nitrogen and oxygen atoms in total. The summed E-state index contributed by atoms with van der Waals surface area (Å²) < 4.78 is 5.33. The average molecular weight is 232 g/mol. The molecule has 92 valence electrons. The Hall–Kier alpha value is -1.69. The second-order valence-corrected chi connectivity index (χ2v) is 4.88. The van der Waals surface area contributed by atoms with E-state index in [1.165, 1.54) is 0 Å². The highest BCUT2D eigenvalue weighted by Gasteiger charge is 2.19. The monoisotopic (exact) mass is 232 g/mol. The van der Waals surface area contributed by atoms with E-state index < -0.39 is 5.54 Å². The van der Waals surface area contributed by atoms with Crippen molar-refractivity contribution < 1.29 is 4.74 Å². The van der Waals surface area contributed by atoms with E-state index in [4.69, 9.17) is 10.00 Å². The Labute approximate surface area is 103 Å². The summed E-state index contributed by atoms with van der Waals surface area (Å²) in [6.45, 7) is 9.82. The first-order valence-corrected chi connectivity index (χ1v) is 5.66. The van der Waals surface area contributed by atoms with Gasteiger partial charge in [0.25, 0.3) is 0 Å². The van der Waals surface area contributed by atoms with Crippen LogP contribution in [0, 0.1) is 32.1 Å². The minimum atomic E-state index is -0.573. The molecule has 17 heavy (non-hydrogen) atoms. The number of methoxy groups -OCH3 is 1. The number of benzene rings is 1. The SMILES string of the molecule is COc1cc(C)c(NC(C)(C)C#N)c(C)c1C. The maximum atomic E-state index is 9.07. The normalized spacial score (nSPS) is 10.9. The smallest absolute Gasteiger partial charge is 0.122 e. The van der Waals surface area contributed by atoms with Gasteiger partial charge in [0.2, 0.25) is 0 Å². The molecule has 0 saturated carbocycles. The Morgan fingerprint density at radius 3 is 2.29 bits per heavy atom. The molecule has 3 heteroatoms. The fourth-order valence-electron chi connectivity index (χ4n) is 1.79. The molecule has 0 atom stereocenters. The molecule has 1 rings (SSSR count). The fourth-order valence-corrected chi connectivity index (χ4v) is 1.79. The Balaban J connectivity index is 3.28. The van der Waals surface area contributed by atoms with E-state index in [9.17, 15) is 0 Å². The van der Waals surface area contributed by atoms with E-state index in [0.29, 0.717) is 0 Å². The number of aryl methyl sites for hydroxylation is 1. The highest BCUT2D eigenvalue weighted by molar-refractivity contribution is 5.64. The van der Waals surface area contributed by atoms with Gasteiger partial charge < -0.3 is 10.1 Å². The Bertz CT molecular complexity index is 470. The van der Waals surface area contributed by atoms with Gasteiger partial charge in [-0.3, -0.25) is 0 Å². The molecule has 0 aliphatic rings. The van der Waals surface area contributed by atoms with Crippen LogP contribution in [-0.2, 0) is 0 Å². The molecular formula is C14H20N2O. The molecule has 0 spiro atoms. The summed E-state index contributed by atoms with van der Waals surface area (Å²) in [6, 6.07) is 4.25. The van der Waals surface area contributed by atoms with Crippen molar-refractivity contribution in [3.05, 3.63) is 22.8 Å². The lowest BCUT2D eigenvalue weighted by atomic mass is 9.99. The first-order valence-electron chi connectivity index (χ1n) is 5.66. The predicted molar refractivity (Wildman–Crippen MR) is 70.5 cm³/mol. The van der Waals surface area contributed by atoms with Gasteiger partial charge in [-0.2, -0.15) is 5.26 Å². The molecule has 1 N–H and O–H groups in total. The third-order valence-corrected chi connectivity index (χ3v) is 2.99. The van der Waals surface area contributed by atoms with Crippen molar-refractivity contribution in [2.75, 3.05) is 12.4 Å². The number of ether oxygens (including phenoxy) is 1. The number of hydrogen-bond acceptors (Lipinski definition) is 3. The van der Waals surface area contributed by atoms with Gasteiger partial charge in [0, 0.05) is 5.69 Å². The zero-order valence-electron chi connectivity index (χ0n) is 11.4. The van der Waals surface area contributed by atoms with Gasteiger partial charge in [0.05, 0.1) is 13.2 Å². The fraction of sp³-hybridized carbons (Fsp3) is 0.500. The molecule has 0 unspecified atom stereocenters. The van der Waals surface area contributed by atoms with Crippen LogP contribution in [0.25, 0.3) is 0 Å². The molecule has 1 aromatic rings. The second-order valence-electron chi connectivity index (χ2n) is 4.88. The summed E-state index contributed by atoms with van der Waals surface area (Å²) in [6.07, 6.45) is 0. The zero-order valence-corrected chi connectivity index (χ0v) is 11.4. The van der Waals surface area contributed by atoms with E-state index in [2.05, 4.69) is 11.4 Å². The van der Waals surface area contributed by atoms with Gasteiger partial charge in [-0.15, -0.1) is 0 Å². The van der Waals surface area contributed by atoms with E-state index >= 15 is 0 Å². The first kappa shape index (κ1) is 13.4. The largest absolute Gasteiger partial charge is 0.496 e. The molecule has 0 amide bonds. The number of nitrogens with zero attached hydrogens (tertiary/aromatic N) is 1. The van der Waals surface area contributed by atoms with Crippen molar-refractivity contribution in [1.82, 2.24) is 0 Å². The lowest BCUT2D eigenvalue weighted by molar-refractivity contribution is 0.411. The van der Waals surface area contributed by atoms with Crippen LogP contribution < -0.4 is 10.1 Å². The van der Waals surface area contributed by atoms with E-state index in [0.717, 1.165) is 28.1 Å². The van der Waals surface area contributed by atoms with Gasteiger partial charge in [0.1, 0.15) is 11.3 Å². The molecule has 0 aromatic heterocycles. The standard InChI is InChI=1S/C14H20N2O/c1-9-7-12(17-6)10(2)11(3)13(9)16-14(4,5)8-15/h7,16H,1-6H3. The van der Waals surface area contributed by atoms with E-state index in [1.54, 1.807) is 7.11 Å². The van der Waals surface area contributed by atoms with Crippen LogP contribution in [0.2, 0.25) is 0 Å². The molecule has 0 bridgehead atoms. The highest BCUT2D eigenvalue weighted by Crippen LogP contribution is 2.32. The minimum absolute atomic E-state index is 0.573. The van der Waals surface area contributed by atoms with Gasteiger partial charge in [-0.05, 0) is 57.4 Å². The van der Waals surface area contributed by atoms with Crippen molar-refractivity contribution >= 4 is 5.69 Å². The maximum absolute atomic E-state index is 9.07. The molecule has 0 radical (unpaired) electrons. The highest BCUT2D eigenvalue weighted by atomic mass is 16.5. The van der Waals surface area contributed by atoms with Crippen molar-refractivity contribution in [3.8, 4) is 11.8 Å². The van der Waals surface area contributed by atoms with Gasteiger partial charge >= 0.3 is 0 Å². The minimum Gasteiger partial charge on any atom is -0.496 e. The van der Waals surface area contributed by atoms with Crippen molar-refractivity contribution in [1.29, 1.82) is 5.26 Å².